The Morgan fingerprint density at radius 2 is 1.69 bits per heavy atom. The molecule has 0 radical (unpaired) electrons. The van der Waals surface area contributed by atoms with E-state index in [1.807, 2.05) is 12.1 Å². The predicted molar refractivity (Wildman–Crippen MR) is 65.2 cm³/mol. The lowest BCUT2D eigenvalue weighted by Crippen LogP contribution is -2.33. The summed E-state index contributed by atoms with van der Waals surface area (Å²) >= 11 is 0. The first-order valence-corrected chi connectivity index (χ1v) is 5.62. The van der Waals surface area contributed by atoms with Crippen molar-refractivity contribution < 1.29 is 9.47 Å². The minimum atomic E-state index is -0.707. The van der Waals surface area contributed by atoms with Crippen LogP contribution in [0.5, 0.6) is 0 Å². The Morgan fingerprint density at radius 3 is 2.06 bits per heavy atom. The largest absolute Gasteiger partial charge is 0.349 e. The Bertz CT molecular complexity index is 304. The lowest BCUT2D eigenvalue weighted by atomic mass is 10.00. The number of aryl methyl sites for hydroxylation is 1. The van der Waals surface area contributed by atoms with Crippen LogP contribution in [0.15, 0.2) is 24.3 Å². The maximum absolute atomic E-state index is 5.60. The molecule has 0 atom stereocenters. The first kappa shape index (κ1) is 13.2. The Kier molecular flexibility index (Phi) is 4.93. The maximum Gasteiger partial charge on any atom is 0.195 e. The maximum atomic E-state index is 5.60. The third kappa shape index (κ3) is 2.61. The van der Waals surface area contributed by atoms with Crippen LogP contribution in [-0.2, 0) is 21.7 Å². The van der Waals surface area contributed by atoms with E-state index in [1.54, 1.807) is 14.2 Å². The zero-order chi connectivity index (χ0) is 12.0. The van der Waals surface area contributed by atoms with Crippen molar-refractivity contribution in [3.63, 3.8) is 0 Å². The Labute approximate surface area is 97.6 Å². The van der Waals surface area contributed by atoms with Crippen molar-refractivity contribution in [1.29, 1.82) is 0 Å². The fourth-order valence-electron chi connectivity index (χ4n) is 1.85. The fraction of sp³-hybridized carbons (Fsp3) is 0.538. The second-order valence-corrected chi connectivity index (χ2v) is 3.75. The minimum Gasteiger partial charge on any atom is -0.349 e. The second-order valence-electron chi connectivity index (χ2n) is 3.75. The highest BCUT2D eigenvalue weighted by atomic mass is 16.7. The molecule has 1 rings (SSSR count). The van der Waals surface area contributed by atoms with Crippen molar-refractivity contribution in [2.24, 2.45) is 5.73 Å². The molecule has 0 aliphatic heterocycles. The van der Waals surface area contributed by atoms with Gasteiger partial charge in [-0.15, -0.1) is 0 Å². The van der Waals surface area contributed by atoms with Gasteiger partial charge in [0, 0.05) is 26.2 Å². The Balaban J connectivity index is 3.00. The van der Waals surface area contributed by atoms with Crippen LogP contribution in [0.4, 0.5) is 0 Å². The fourth-order valence-corrected chi connectivity index (χ4v) is 1.85. The van der Waals surface area contributed by atoms with Gasteiger partial charge >= 0.3 is 0 Å². The van der Waals surface area contributed by atoms with Crippen LogP contribution in [0.3, 0.4) is 0 Å². The van der Waals surface area contributed by atoms with Gasteiger partial charge < -0.3 is 15.2 Å². The smallest absolute Gasteiger partial charge is 0.195 e. The van der Waals surface area contributed by atoms with Gasteiger partial charge in [0.25, 0.3) is 0 Å². The summed E-state index contributed by atoms with van der Waals surface area (Å²) in [6, 6.07) is 8.28. The summed E-state index contributed by atoms with van der Waals surface area (Å²) in [4.78, 5) is 0. The zero-order valence-electron chi connectivity index (χ0n) is 10.3. The van der Waals surface area contributed by atoms with Crippen molar-refractivity contribution >= 4 is 0 Å². The van der Waals surface area contributed by atoms with Gasteiger partial charge in [-0.1, -0.05) is 31.2 Å². The van der Waals surface area contributed by atoms with Gasteiger partial charge in [-0.25, -0.2) is 0 Å². The third-order valence-corrected chi connectivity index (χ3v) is 2.93. The van der Waals surface area contributed by atoms with Crippen LogP contribution >= 0.6 is 0 Å². The van der Waals surface area contributed by atoms with E-state index in [-0.39, 0.29) is 0 Å². The van der Waals surface area contributed by atoms with Gasteiger partial charge in [0.1, 0.15) is 0 Å². The lowest BCUT2D eigenvalue weighted by molar-refractivity contribution is -0.218. The summed E-state index contributed by atoms with van der Waals surface area (Å²) in [6.07, 6.45) is 1.68. The van der Waals surface area contributed by atoms with E-state index < -0.39 is 5.79 Å². The average molecular weight is 223 g/mol. The van der Waals surface area contributed by atoms with E-state index in [2.05, 4.69) is 19.1 Å². The van der Waals surface area contributed by atoms with Crippen LogP contribution in [0.25, 0.3) is 0 Å². The number of ether oxygens (including phenoxy) is 2. The molecule has 0 aromatic heterocycles. The molecule has 3 heteroatoms. The molecule has 0 heterocycles. The summed E-state index contributed by atoms with van der Waals surface area (Å²) < 4.78 is 11.0. The molecule has 0 fully saturated rings. The first-order chi connectivity index (χ1) is 7.72. The van der Waals surface area contributed by atoms with Gasteiger partial charge in [-0.05, 0) is 18.5 Å². The number of nitrogens with two attached hydrogens (primary N) is 1. The van der Waals surface area contributed by atoms with Crippen molar-refractivity contribution in [3.05, 3.63) is 35.4 Å². The zero-order valence-corrected chi connectivity index (χ0v) is 10.3. The SMILES string of the molecule is CCc1ccc(C(CCN)(OC)OC)cc1. The quantitative estimate of drug-likeness (QED) is 0.751. The highest BCUT2D eigenvalue weighted by molar-refractivity contribution is 5.26. The minimum absolute atomic E-state index is 0.525. The topological polar surface area (TPSA) is 44.5 Å². The van der Waals surface area contributed by atoms with Gasteiger partial charge in [0.2, 0.25) is 0 Å². The highest BCUT2D eigenvalue weighted by Crippen LogP contribution is 2.29. The van der Waals surface area contributed by atoms with Crippen molar-refractivity contribution in [3.8, 4) is 0 Å². The van der Waals surface area contributed by atoms with E-state index in [0.717, 1.165) is 12.0 Å². The van der Waals surface area contributed by atoms with Gasteiger partial charge in [-0.3, -0.25) is 0 Å². The van der Waals surface area contributed by atoms with E-state index in [9.17, 15) is 0 Å². The lowest BCUT2D eigenvalue weighted by Gasteiger charge is -2.31. The van der Waals surface area contributed by atoms with Crippen LogP contribution in [0.1, 0.15) is 24.5 Å². The van der Waals surface area contributed by atoms with E-state index in [1.165, 1.54) is 5.56 Å². The highest BCUT2D eigenvalue weighted by Gasteiger charge is 2.30. The summed E-state index contributed by atoms with van der Waals surface area (Å²) in [5.74, 6) is -0.707. The third-order valence-electron chi connectivity index (χ3n) is 2.93. The van der Waals surface area contributed by atoms with E-state index in [0.29, 0.717) is 13.0 Å². The van der Waals surface area contributed by atoms with E-state index in [4.69, 9.17) is 15.2 Å². The molecule has 1 aromatic rings. The summed E-state index contributed by atoms with van der Waals surface area (Å²) in [7, 11) is 3.29. The van der Waals surface area contributed by atoms with Crippen molar-refractivity contribution in [1.82, 2.24) is 0 Å². The van der Waals surface area contributed by atoms with Gasteiger partial charge in [-0.2, -0.15) is 0 Å². The number of hydrogen-bond acceptors (Lipinski definition) is 3. The molecule has 16 heavy (non-hydrogen) atoms. The van der Waals surface area contributed by atoms with Crippen LogP contribution < -0.4 is 5.73 Å². The van der Waals surface area contributed by atoms with Crippen molar-refractivity contribution in [2.45, 2.75) is 25.6 Å². The van der Waals surface area contributed by atoms with Crippen molar-refractivity contribution in [2.75, 3.05) is 20.8 Å². The monoisotopic (exact) mass is 223 g/mol. The normalized spacial score (nSPS) is 11.8. The van der Waals surface area contributed by atoms with Gasteiger partial charge in [0.05, 0.1) is 0 Å². The predicted octanol–water partition coefficient (Wildman–Crippen LogP) is 2.04. The molecule has 0 saturated heterocycles. The molecule has 3 nitrogen and oxygen atoms in total. The molecule has 0 bridgehead atoms. The molecule has 0 saturated carbocycles. The molecule has 0 aliphatic carbocycles. The molecule has 0 unspecified atom stereocenters. The second kappa shape index (κ2) is 5.99. The Hall–Kier alpha value is -0.900. The molecule has 2 N–H and O–H groups in total. The molecule has 1 aromatic carbocycles. The standard InChI is InChI=1S/C13H21NO2/c1-4-11-5-7-12(8-6-11)13(15-2,16-3)9-10-14/h5-8H,4,9-10,14H2,1-3H3. The van der Waals surface area contributed by atoms with E-state index >= 15 is 0 Å². The summed E-state index contributed by atoms with van der Waals surface area (Å²) in [5.41, 5.74) is 7.92. The molecular weight excluding hydrogens is 202 g/mol. The molecule has 0 spiro atoms. The number of hydrogen-bond donors (Lipinski definition) is 1. The average Bonchev–Trinajstić information content (AvgIpc) is 2.36. The number of rotatable bonds is 6. The van der Waals surface area contributed by atoms with Gasteiger partial charge in [0.15, 0.2) is 5.79 Å². The number of benzene rings is 1. The molecule has 90 valence electrons. The summed E-state index contributed by atoms with van der Waals surface area (Å²) in [6.45, 7) is 2.66. The Morgan fingerprint density at radius 1 is 1.12 bits per heavy atom. The molecular formula is C13H21NO2. The molecule has 0 aliphatic rings. The first-order valence-electron chi connectivity index (χ1n) is 5.62. The van der Waals surface area contributed by atoms with Crippen LogP contribution in [-0.4, -0.2) is 20.8 Å². The van der Waals surface area contributed by atoms with Crippen LogP contribution in [0.2, 0.25) is 0 Å². The van der Waals surface area contributed by atoms with Crippen LogP contribution in [0, 0.1) is 0 Å². The number of methoxy groups -OCH3 is 2. The molecule has 0 amide bonds. The summed E-state index contributed by atoms with van der Waals surface area (Å²) in [5, 5.41) is 0.